The van der Waals surface area contributed by atoms with Crippen molar-refractivity contribution in [2.45, 2.75) is 12.5 Å². The highest BCUT2D eigenvalue weighted by molar-refractivity contribution is 6.02. The highest BCUT2D eigenvalue weighted by Crippen LogP contribution is 2.39. The molecule has 38 heavy (non-hydrogen) atoms. The Bertz CT molecular complexity index is 1500. The lowest BCUT2D eigenvalue weighted by molar-refractivity contribution is -0.111. The van der Waals surface area contributed by atoms with E-state index in [1.807, 2.05) is 19.2 Å². The number of anilines is 4. The predicted molar refractivity (Wildman–Crippen MR) is 146 cm³/mol. The lowest BCUT2D eigenvalue weighted by Crippen LogP contribution is -2.34. The smallest absolute Gasteiger partial charge is 0.247 e. The van der Waals surface area contributed by atoms with Crippen LogP contribution in [-0.2, 0) is 4.79 Å². The molecule has 0 bridgehead atoms. The second-order valence-corrected chi connectivity index (χ2v) is 9.26. The van der Waals surface area contributed by atoms with Crippen molar-refractivity contribution in [1.82, 2.24) is 24.7 Å². The molecule has 1 saturated heterocycles. The molecule has 1 fully saturated rings. The summed E-state index contributed by atoms with van der Waals surface area (Å²) in [6.07, 6.45) is 3.78. The molecule has 4 aromatic rings. The van der Waals surface area contributed by atoms with Crippen LogP contribution in [0.15, 0.2) is 61.4 Å². The number of ether oxygens (including phenoxy) is 1. The van der Waals surface area contributed by atoms with E-state index in [-0.39, 0.29) is 11.7 Å². The Morgan fingerprint density at radius 3 is 2.82 bits per heavy atom. The standard InChI is InChI=1S/C27H29FN8O2/c1-5-26(37)31-20-12-21(24(38-4)13-22(20)35(3)19-9-10-34(2)15-19)30-25-14-23-27(32-33-36(23)16-29-25)17-7-6-8-18(28)11-17/h5-8,11-14,16,19,30H,1,9-10,15H2,2-4H3,(H,31,37). The number of methoxy groups -OCH3 is 1. The van der Waals surface area contributed by atoms with Gasteiger partial charge in [-0.25, -0.2) is 13.9 Å². The topological polar surface area (TPSA) is 99.9 Å². The molecule has 11 heteroatoms. The Balaban J connectivity index is 1.52. The van der Waals surface area contributed by atoms with Crippen LogP contribution in [0.5, 0.6) is 5.75 Å². The van der Waals surface area contributed by atoms with Crippen LogP contribution in [0.4, 0.5) is 27.3 Å². The zero-order valence-corrected chi connectivity index (χ0v) is 21.5. The Morgan fingerprint density at radius 2 is 2.11 bits per heavy atom. The van der Waals surface area contributed by atoms with Gasteiger partial charge in [-0.2, -0.15) is 0 Å². The summed E-state index contributed by atoms with van der Waals surface area (Å²) in [7, 11) is 5.71. The fourth-order valence-corrected chi connectivity index (χ4v) is 4.69. The van der Waals surface area contributed by atoms with Gasteiger partial charge >= 0.3 is 0 Å². The van der Waals surface area contributed by atoms with Gasteiger partial charge in [-0.3, -0.25) is 4.79 Å². The maximum atomic E-state index is 13.8. The number of aromatic nitrogens is 4. The van der Waals surface area contributed by atoms with E-state index in [9.17, 15) is 9.18 Å². The van der Waals surface area contributed by atoms with Gasteiger partial charge in [0.15, 0.2) is 0 Å². The van der Waals surface area contributed by atoms with Crippen molar-refractivity contribution in [2.24, 2.45) is 0 Å². The van der Waals surface area contributed by atoms with E-state index >= 15 is 0 Å². The van der Waals surface area contributed by atoms with Crippen LogP contribution in [0.25, 0.3) is 16.8 Å². The fourth-order valence-electron chi connectivity index (χ4n) is 4.69. The van der Waals surface area contributed by atoms with Gasteiger partial charge in [0, 0.05) is 37.3 Å². The number of likely N-dealkylation sites (tertiary alicyclic amines) is 1. The molecular weight excluding hydrogens is 487 g/mol. The highest BCUT2D eigenvalue weighted by Gasteiger charge is 2.26. The van der Waals surface area contributed by atoms with E-state index in [1.165, 1.54) is 29.1 Å². The van der Waals surface area contributed by atoms with Gasteiger partial charge in [-0.05, 0) is 44.3 Å². The van der Waals surface area contributed by atoms with Crippen molar-refractivity contribution in [1.29, 1.82) is 0 Å². The second-order valence-electron chi connectivity index (χ2n) is 9.26. The number of amides is 1. The zero-order chi connectivity index (χ0) is 26.8. The van der Waals surface area contributed by atoms with Gasteiger partial charge in [0.25, 0.3) is 0 Å². The first-order valence-electron chi connectivity index (χ1n) is 12.2. The summed E-state index contributed by atoms with van der Waals surface area (Å²) in [5, 5.41) is 14.5. The zero-order valence-electron chi connectivity index (χ0n) is 21.5. The molecule has 1 aliphatic heterocycles. The van der Waals surface area contributed by atoms with Crippen LogP contribution in [0.1, 0.15) is 6.42 Å². The Morgan fingerprint density at radius 1 is 1.26 bits per heavy atom. The van der Waals surface area contributed by atoms with Crippen LogP contribution in [0, 0.1) is 5.82 Å². The van der Waals surface area contributed by atoms with Crippen LogP contribution < -0.4 is 20.3 Å². The molecule has 196 valence electrons. The number of carbonyl (C=O) groups excluding carboxylic acids is 1. The Kier molecular flexibility index (Phi) is 6.93. The average Bonchev–Trinajstić information content (AvgIpc) is 3.54. The number of fused-ring (bicyclic) bond motifs is 1. The highest BCUT2D eigenvalue weighted by atomic mass is 19.1. The van der Waals surface area contributed by atoms with Crippen LogP contribution >= 0.6 is 0 Å². The molecule has 1 atom stereocenters. The number of hydrogen-bond donors (Lipinski definition) is 2. The molecule has 1 aliphatic rings. The van der Waals surface area contributed by atoms with Crippen molar-refractivity contribution in [3.63, 3.8) is 0 Å². The van der Waals surface area contributed by atoms with Gasteiger partial charge in [0.1, 0.15) is 29.4 Å². The monoisotopic (exact) mass is 516 g/mol. The van der Waals surface area contributed by atoms with Crippen LogP contribution in [0.2, 0.25) is 0 Å². The third-order valence-corrected chi connectivity index (χ3v) is 6.73. The summed E-state index contributed by atoms with van der Waals surface area (Å²) in [5.74, 6) is 0.400. The fraction of sp³-hybridized carbons (Fsp3) is 0.259. The first-order chi connectivity index (χ1) is 18.4. The Hall–Kier alpha value is -4.51. The molecule has 0 spiro atoms. The van der Waals surface area contributed by atoms with Crippen molar-refractivity contribution in [3.8, 4) is 17.0 Å². The number of nitrogens with zero attached hydrogens (tertiary/aromatic N) is 6. The van der Waals surface area contributed by atoms with Crippen LogP contribution in [-0.4, -0.2) is 71.0 Å². The number of hydrogen-bond acceptors (Lipinski definition) is 8. The van der Waals surface area contributed by atoms with Gasteiger partial charge < -0.3 is 25.2 Å². The summed E-state index contributed by atoms with van der Waals surface area (Å²) in [5.41, 5.74) is 3.83. The maximum Gasteiger partial charge on any atom is 0.247 e. The van der Waals surface area contributed by atoms with Crippen molar-refractivity contribution in [2.75, 3.05) is 49.8 Å². The van der Waals surface area contributed by atoms with Gasteiger partial charge in [-0.1, -0.05) is 23.9 Å². The molecule has 1 amide bonds. The number of carbonyl (C=O) groups is 1. The summed E-state index contributed by atoms with van der Waals surface area (Å²) >= 11 is 0. The summed E-state index contributed by atoms with van der Waals surface area (Å²) in [4.78, 5) is 21.2. The van der Waals surface area contributed by atoms with E-state index in [0.717, 1.165) is 25.2 Å². The van der Waals surface area contributed by atoms with Crippen LogP contribution in [0.3, 0.4) is 0 Å². The average molecular weight is 517 g/mol. The first-order valence-corrected chi connectivity index (χ1v) is 12.2. The van der Waals surface area contributed by atoms with E-state index in [4.69, 9.17) is 4.74 Å². The molecule has 10 nitrogen and oxygen atoms in total. The first kappa shape index (κ1) is 25.2. The van der Waals surface area contributed by atoms with E-state index in [2.05, 4.69) is 49.4 Å². The molecule has 3 heterocycles. The van der Waals surface area contributed by atoms with Gasteiger partial charge in [0.2, 0.25) is 5.91 Å². The number of likely N-dealkylation sites (N-methyl/N-ethyl adjacent to an activating group) is 2. The summed E-state index contributed by atoms with van der Waals surface area (Å²) in [6, 6.07) is 12.0. The molecule has 2 aromatic carbocycles. The van der Waals surface area contributed by atoms with Gasteiger partial charge in [0.05, 0.1) is 29.7 Å². The minimum absolute atomic E-state index is 0.294. The summed E-state index contributed by atoms with van der Waals surface area (Å²) < 4.78 is 21.1. The third kappa shape index (κ3) is 5.00. The number of benzene rings is 2. The normalized spacial score (nSPS) is 15.4. The van der Waals surface area contributed by atoms with Crippen molar-refractivity contribution in [3.05, 3.63) is 67.3 Å². The van der Waals surface area contributed by atoms with E-state index in [1.54, 1.807) is 25.3 Å². The number of halogens is 1. The lowest BCUT2D eigenvalue weighted by Gasteiger charge is -2.29. The predicted octanol–water partition coefficient (Wildman–Crippen LogP) is 3.95. The van der Waals surface area contributed by atoms with Crippen molar-refractivity contribution >= 4 is 34.3 Å². The lowest BCUT2D eigenvalue weighted by atomic mass is 10.1. The number of nitrogens with one attached hydrogen (secondary N) is 2. The molecule has 1 unspecified atom stereocenters. The van der Waals surface area contributed by atoms with Gasteiger partial charge in [-0.15, -0.1) is 5.10 Å². The summed E-state index contributed by atoms with van der Waals surface area (Å²) in [6.45, 7) is 5.52. The van der Waals surface area contributed by atoms with E-state index < -0.39 is 0 Å². The molecule has 0 saturated carbocycles. The maximum absolute atomic E-state index is 13.8. The number of rotatable bonds is 8. The third-order valence-electron chi connectivity index (χ3n) is 6.73. The van der Waals surface area contributed by atoms with Crippen molar-refractivity contribution < 1.29 is 13.9 Å². The minimum Gasteiger partial charge on any atom is -0.494 e. The molecular formula is C27H29FN8O2. The molecule has 0 radical (unpaired) electrons. The largest absolute Gasteiger partial charge is 0.494 e. The Labute approximate surface area is 219 Å². The SMILES string of the molecule is C=CC(=O)Nc1cc(Nc2cc3c(-c4cccc(F)c4)nnn3cn2)c(OC)cc1N(C)C1CCN(C)C1. The quantitative estimate of drug-likeness (QED) is 0.340. The molecule has 5 rings (SSSR count). The molecule has 2 aromatic heterocycles. The molecule has 2 N–H and O–H groups in total. The second kappa shape index (κ2) is 10.5. The molecule has 0 aliphatic carbocycles. The van der Waals surface area contributed by atoms with E-state index in [0.29, 0.717) is 45.8 Å². The minimum atomic E-state index is -0.357.